The van der Waals surface area contributed by atoms with Crippen LogP contribution in [0.25, 0.3) is 10.8 Å². The molecule has 0 bridgehead atoms. The van der Waals surface area contributed by atoms with Crippen molar-refractivity contribution in [3.8, 4) is 0 Å². The zero-order valence-corrected chi connectivity index (χ0v) is 23.9. The molecule has 0 aliphatic heterocycles. The topological polar surface area (TPSA) is 122 Å². The quantitative estimate of drug-likeness (QED) is 0.155. The Kier molecular flexibility index (Phi) is 13.6. The highest BCUT2D eigenvalue weighted by molar-refractivity contribution is 6.30. The number of carbonyl (C=O) groups is 3. The number of carboxylic acids is 2. The number of fused-ring (bicyclic) bond motifs is 1. The average Bonchev–Trinajstić information content (AvgIpc) is 2.96. The standard InChI is InChI=1S/C32H38ClNO7/c33-27-17-14-23(15-18-27)9-3-1-7-19-34-31(37)29(30(32(38)39)41-22-28(35)36)40-20-8-2-4-10-24-13-16-25-11-5-6-12-26(25)21-24/h5-6,11-18,21,29-30H,1-4,7-10,19-20,22H2,(H,34,37)(H,35,36)(H,38,39). The van der Waals surface area contributed by atoms with E-state index in [2.05, 4.69) is 35.6 Å². The molecule has 0 aliphatic carbocycles. The summed E-state index contributed by atoms with van der Waals surface area (Å²) in [6.45, 7) is -0.353. The summed E-state index contributed by atoms with van der Waals surface area (Å²) in [7, 11) is 0. The van der Waals surface area contributed by atoms with E-state index in [1.165, 1.54) is 21.9 Å². The first-order valence-corrected chi connectivity index (χ1v) is 14.4. The first-order valence-electron chi connectivity index (χ1n) is 14.0. The lowest BCUT2D eigenvalue weighted by molar-refractivity contribution is -0.172. The molecule has 3 aromatic carbocycles. The molecule has 2 unspecified atom stereocenters. The van der Waals surface area contributed by atoms with Crippen LogP contribution in [0.5, 0.6) is 0 Å². The van der Waals surface area contributed by atoms with Crippen molar-refractivity contribution < 1.29 is 34.1 Å². The Morgan fingerprint density at radius 1 is 0.732 bits per heavy atom. The first-order chi connectivity index (χ1) is 19.8. The van der Waals surface area contributed by atoms with Crippen molar-refractivity contribution in [2.75, 3.05) is 19.8 Å². The molecule has 220 valence electrons. The van der Waals surface area contributed by atoms with Gasteiger partial charge in [0.25, 0.3) is 5.91 Å². The number of halogens is 1. The van der Waals surface area contributed by atoms with Crippen LogP contribution in [-0.4, -0.2) is 60.0 Å². The maximum Gasteiger partial charge on any atom is 0.336 e. The van der Waals surface area contributed by atoms with E-state index in [9.17, 15) is 19.5 Å². The summed E-state index contributed by atoms with van der Waals surface area (Å²) in [6.07, 6.45) is 3.44. The largest absolute Gasteiger partial charge is 0.480 e. The Balaban J connectivity index is 1.43. The Hall–Kier alpha value is -3.46. The van der Waals surface area contributed by atoms with Crippen LogP contribution in [0.15, 0.2) is 66.7 Å². The molecule has 0 spiro atoms. The number of hydrogen-bond acceptors (Lipinski definition) is 5. The molecule has 0 aromatic heterocycles. The van der Waals surface area contributed by atoms with Gasteiger partial charge in [0.15, 0.2) is 12.2 Å². The van der Waals surface area contributed by atoms with Crippen LogP contribution in [0.1, 0.15) is 49.7 Å². The zero-order valence-electron chi connectivity index (χ0n) is 23.1. The molecular formula is C32H38ClNO7. The van der Waals surface area contributed by atoms with Gasteiger partial charge in [0.1, 0.15) is 6.61 Å². The van der Waals surface area contributed by atoms with Crippen LogP contribution in [0.4, 0.5) is 0 Å². The number of aliphatic carboxylic acids is 2. The normalized spacial score (nSPS) is 12.6. The summed E-state index contributed by atoms with van der Waals surface area (Å²) in [5.41, 5.74) is 2.42. The molecule has 3 rings (SSSR count). The van der Waals surface area contributed by atoms with E-state index in [1.807, 2.05) is 36.4 Å². The average molecular weight is 584 g/mol. The third-order valence-electron chi connectivity index (χ3n) is 6.74. The minimum Gasteiger partial charge on any atom is -0.480 e. The molecule has 0 aliphatic rings. The van der Waals surface area contributed by atoms with Gasteiger partial charge >= 0.3 is 11.9 Å². The monoisotopic (exact) mass is 583 g/mol. The number of carbonyl (C=O) groups excluding carboxylic acids is 1. The Bertz CT molecular complexity index is 1260. The number of amides is 1. The minimum absolute atomic E-state index is 0.150. The minimum atomic E-state index is -1.73. The van der Waals surface area contributed by atoms with E-state index in [4.69, 9.17) is 26.2 Å². The maximum absolute atomic E-state index is 12.9. The number of carboxylic acid groups (broad SMARTS) is 2. The highest BCUT2D eigenvalue weighted by Gasteiger charge is 2.36. The van der Waals surface area contributed by atoms with E-state index in [0.29, 0.717) is 24.4 Å². The first kappa shape index (κ1) is 32.1. The molecule has 1 amide bonds. The van der Waals surface area contributed by atoms with Gasteiger partial charge in [-0.2, -0.15) is 0 Å². The SMILES string of the molecule is O=C(O)COC(C(=O)O)C(OCCCCCc1ccc2ccccc2c1)C(=O)NCCCCCc1ccc(Cl)cc1. The number of unbranched alkanes of at least 4 members (excludes halogenated alkanes) is 4. The molecule has 9 heteroatoms. The molecule has 3 aromatic rings. The Labute approximate surface area is 245 Å². The summed E-state index contributed by atoms with van der Waals surface area (Å²) in [4.78, 5) is 35.7. The Morgan fingerprint density at radius 3 is 2.10 bits per heavy atom. The van der Waals surface area contributed by atoms with Crippen molar-refractivity contribution in [3.63, 3.8) is 0 Å². The second-order valence-electron chi connectivity index (χ2n) is 9.98. The summed E-state index contributed by atoms with van der Waals surface area (Å²) in [5.74, 6) is -3.41. The highest BCUT2D eigenvalue weighted by Crippen LogP contribution is 2.18. The summed E-state index contributed by atoms with van der Waals surface area (Å²) < 4.78 is 10.7. The molecule has 3 N–H and O–H groups in total. The molecule has 0 saturated carbocycles. The molecular weight excluding hydrogens is 546 g/mol. The Morgan fingerprint density at radius 2 is 1.39 bits per heavy atom. The van der Waals surface area contributed by atoms with Gasteiger partial charge in [-0.1, -0.05) is 79.0 Å². The van der Waals surface area contributed by atoms with Crippen LogP contribution < -0.4 is 5.32 Å². The van der Waals surface area contributed by atoms with Crippen LogP contribution in [0.2, 0.25) is 5.02 Å². The third-order valence-corrected chi connectivity index (χ3v) is 6.99. The van der Waals surface area contributed by atoms with Gasteiger partial charge in [0.05, 0.1) is 0 Å². The van der Waals surface area contributed by atoms with E-state index in [0.717, 1.165) is 38.5 Å². The predicted molar refractivity (Wildman–Crippen MR) is 158 cm³/mol. The molecule has 2 atom stereocenters. The van der Waals surface area contributed by atoms with Crippen LogP contribution >= 0.6 is 11.6 Å². The van der Waals surface area contributed by atoms with Crippen molar-refractivity contribution in [2.45, 2.75) is 63.6 Å². The van der Waals surface area contributed by atoms with Crippen molar-refractivity contribution >= 4 is 40.2 Å². The van der Waals surface area contributed by atoms with Crippen molar-refractivity contribution in [1.82, 2.24) is 5.32 Å². The van der Waals surface area contributed by atoms with Gasteiger partial charge in [-0.25, -0.2) is 9.59 Å². The van der Waals surface area contributed by atoms with Crippen molar-refractivity contribution in [3.05, 3.63) is 82.9 Å². The van der Waals surface area contributed by atoms with Crippen LogP contribution in [-0.2, 0) is 36.7 Å². The second kappa shape index (κ2) is 17.4. The number of nitrogens with one attached hydrogen (secondary N) is 1. The molecule has 0 radical (unpaired) electrons. The number of benzene rings is 3. The lowest BCUT2D eigenvalue weighted by atomic mass is 10.0. The fourth-order valence-electron chi connectivity index (χ4n) is 4.56. The van der Waals surface area contributed by atoms with Crippen LogP contribution in [0.3, 0.4) is 0 Å². The maximum atomic E-state index is 12.9. The molecule has 0 saturated heterocycles. The molecule has 8 nitrogen and oxygen atoms in total. The van der Waals surface area contributed by atoms with Gasteiger partial charge in [-0.15, -0.1) is 0 Å². The van der Waals surface area contributed by atoms with Gasteiger partial charge in [-0.3, -0.25) is 4.79 Å². The lowest BCUT2D eigenvalue weighted by Gasteiger charge is -2.23. The predicted octanol–water partition coefficient (Wildman–Crippen LogP) is 5.67. The summed E-state index contributed by atoms with van der Waals surface area (Å²) >= 11 is 5.91. The van der Waals surface area contributed by atoms with Crippen LogP contribution in [0, 0.1) is 0 Å². The fraction of sp³-hybridized carbons (Fsp3) is 0.406. The van der Waals surface area contributed by atoms with Gasteiger partial charge < -0.3 is 25.0 Å². The zero-order chi connectivity index (χ0) is 29.5. The van der Waals surface area contributed by atoms with E-state index in [-0.39, 0.29) is 6.61 Å². The molecule has 41 heavy (non-hydrogen) atoms. The number of hydrogen-bond donors (Lipinski definition) is 3. The van der Waals surface area contributed by atoms with Gasteiger partial charge in [0, 0.05) is 18.2 Å². The van der Waals surface area contributed by atoms with Gasteiger partial charge in [0.2, 0.25) is 0 Å². The number of aryl methyl sites for hydroxylation is 2. The lowest BCUT2D eigenvalue weighted by Crippen LogP contribution is -2.49. The van der Waals surface area contributed by atoms with E-state index < -0.39 is 36.7 Å². The van der Waals surface area contributed by atoms with Crippen molar-refractivity contribution in [1.29, 1.82) is 0 Å². The van der Waals surface area contributed by atoms with E-state index >= 15 is 0 Å². The van der Waals surface area contributed by atoms with Gasteiger partial charge in [-0.05, 0) is 72.6 Å². The fourth-order valence-corrected chi connectivity index (χ4v) is 4.68. The molecule has 0 fully saturated rings. The number of ether oxygens (including phenoxy) is 2. The summed E-state index contributed by atoms with van der Waals surface area (Å²) in [6, 6.07) is 22.3. The smallest absolute Gasteiger partial charge is 0.336 e. The van der Waals surface area contributed by atoms with E-state index in [1.54, 1.807) is 0 Å². The number of rotatable bonds is 19. The van der Waals surface area contributed by atoms with Crippen molar-refractivity contribution in [2.24, 2.45) is 0 Å². The second-order valence-corrected chi connectivity index (χ2v) is 10.4. The highest BCUT2D eigenvalue weighted by atomic mass is 35.5. The third kappa shape index (κ3) is 11.5. The molecule has 0 heterocycles. The summed E-state index contributed by atoms with van der Waals surface area (Å²) in [5, 5.41) is 24.4.